The number of hydrogen-bond acceptors (Lipinski definition) is 5. The minimum atomic E-state index is 0.0448. The molecular weight excluding hydrogens is 332 g/mol. The Hall–Kier alpha value is -1.79. The lowest BCUT2D eigenvalue weighted by molar-refractivity contribution is -0.136. The Balaban J connectivity index is 1.74. The first kappa shape index (κ1) is 19.0. The summed E-state index contributed by atoms with van der Waals surface area (Å²) < 4.78 is 16.7. The van der Waals surface area contributed by atoms with Crippen molar-refractivity contribution in [2.45, 2.75) is 44.9 Å². The molecule has 2 fully saturated rings. The van der Waals surface area contributed by atoms with Gasteiger partial charge in [-0.15, -0.1) is 0 Å². The quantitative estimate of drug-likeness (QED) is 0.805. The predicted molar refractivity (Wildman–Crippen MR) is 99.7 cm³/mol. The number of amides is 1. The molecule has 0 radical (unpaired) electrons. The minimum Gasteiger partial charge on any atom is -0.497 e. The molecule has 0 aromatic heterocycles. The van der Waals surface area contributed by atoms with Crippen LogP contribution >= 0.6 is 0 Å². The number of rotatable bonds is 5. The summed E-state index contributed by atoms with van der Waals surface area (Å²) in [5, 5.41) is 0. The number of carbonyl (C=O) groups is 1. The zero-order valence-corrected chi connectivity index (χ0v) is 16.2. The molecule has 2 heterocycles. The fourth-order valence-electron chi connectivity index (χ4n) is 4.18. The Morgan fingerprint density at radius 3 is 2.58 bits per heavy atom. The monoisotopic (exact) mass is 362 g/mol. The Bertz CT molecular complexity index is 626. The van der Waals surface area contributed by atoms with Crippen molar-refractivity contribution in [2.75, 3.05) is 40.4 Å². The van der Waals surface area contributed by atoms with Crippen molar-refractivity contribution in [3.8, 4) is 11.5 Å². The number of likely N-dealkylation sites (tertiary alicyclic amines) is 1. The highest BCUT2D eigenvalue weighted by Crippen LogP contribution is 2.39. The third-order valence-electron chi connectivity index (χ3n) is 5.22. The smallest absolute Gasteiger partial charge is 0.237 e. The van der Waals surface area contributed by atoms with Gasteiger partial charge in [-0.3, -0.25) is 9.69 Å². The molecule has 144 valence electrons. The summed E-state index contributed by atoms with van der Waals surface area (Å²) in [5.41, 5.74) is 1.03. The van der Waals surface area contributed by atoms with Crippen LogP contribution in [0.3, 0.4) is 0 Å². The van der Waals surface area contributed by atoms with Crippen molar-refractivity contribution in [1.29, 1.82) is 0 Å². The Kier molecular flexibility index (Phi) is 6.04. The molecule has 0 saturated carbocycles. The van der Waals surface area contributed by atoms with Crippen molar-refractivity contribution < 1.29 is 19.0 Å². The predicted octanol–water partition coefficient (Wildman–Crippen LogP) is 2.48. The van der Waals surface area contributed by atoms with Gasteiger partial charge in [0.1, 0.15) is 11.5 Å². The lowest BCUT2D eigenvalue weighted by atomic mass is 10.0. The van der Waals surface area contributed by atoms with Crippen molar-refractivity contribution in [1.82, 2.24) is 9.80 Å². The Morgan fingerprint density at radius 1 is 1.19 bits per heavy atom. The van der Waals surface area contributed by atoms with E-state index in [0.29, 0.717) is 6.54 Å². The summed E-state index contributed by atoms with van der Waals surface area (Å²) in [6.07, 6.45) is 2.29. The van der Waals surface area contributed by atoms with E-state index in [0.717, 1.165) is 49.5 Å². The van der Waals surface area contributed by atoms with Crippen LogP contribution < -0.4 is 9.47 Å². The van der Waals surface area contributed by atoms with Crippen molar-refractivity contribution in [3.63, 3.8) is 0 Å². The molecular formula is C20H30N2O4. The zero-order valence-electron chi connectivity index (χ0n) is 16.2. The third-order valence-corrected chi connectivity index (χ3v) is 5.22. The molecule has 3 atom stereocenters. The van der Waals surface area contributed by atoms with Gasteiger partial charge in [0.2, 0.25) is 5.91 Å². The first-order valence-electron chi connectivity index (χ1n) is 9.41. The topological polar surface area (TPSA) is 51.2 Å². The van der Waals surface area contributed by atoms with Gasteiger partial charge in [0.05, 0.1) is 39.0 Å². The van der Waals surface area contributed by atoms with Gasteiger partial charge in [0, 0.05) is 25.2 Å². The fraction of sp³-hybridized carbons (Fsp3) is 0.650. The zero-order chi connectivity index (χ0) is 18.7. The van der Waals surface area contributed by atoms with Crippen molar-refractivity contribution >= 4 is 5.91 Å². The first-order chi connectivity index (χ1) is 12.5. The number of morpholine rings is 1. The van der Waals surface area contributed by atoms with Gasteiger partial charge in [0.15, 0.2) is 0 Å². The molecule has 0 N–H and O–H groups in total. The lowest BCUT2D eigenvalue weighted by Gasteiger charge is -2.36. The van der Waals surface area contributed by atoms with Crippen molar-refractivity contribution in [3.05, 3.63) is 23.8 Å². The van der Waals surface area contributed by atoms with Crippen LogP contribution in [0.1, 0.15) is 38.3 Å². The maximum atomic E-state index is 13.0. The van der Waals surface area contributed by atoms with Gasteiger partial charge in [-0.2, -0.15) is 0 Å². The van der Waals surface area contributed by atoms with Gasteiger partial charge in [0.25, 0.3) is 0 Å². The van der Waals surface area contributed by atoms with E-state index in [-0.39, 0.29) is 24.2 Å². The molecule has 2 aliphatic heterocycles. The summed E-state index contributed by atoms with van der Waals surface area (Å²) in [7, 11) is 3.33. The van der Waals surface area contributed by atoms with Crippen LogP contribution in [0.5, 0.6) is 11.5 Å². The molecule has 6 nitrogen and oxygen atoms in total. The number of hydrogen-bond donors (Lipinski definition) is 0. The molecule has 1 aromatic carbocycles. The fourth-order valence-corrected chi connectivity index (χ4v) is 4.18. The first-order valence-corrected chi connectivity index (χ1v) is 9.41. The van der Waals surface area contributed by atoms with E-state index in [1.807, 2.05) is 23.1 Å². The highest BCUT2D eigenvalue weighted by Gasteiger charge is 2.34. The van der Waals surface area contributed by atoms with E-state index in [9.17, 15) is 4.79 Å². The largest absolute Gasteiger partial charge is 0.497 e. The molecule has 2 saturated heterocycles. The summed E-state index contributed by atoms with van der Waals surface area (Å²) in [6.45, 7) is 6.97. The maximum absolute atomic E-state index is 13.0. The number of ether oxygens (including phenoxy) is 3. The molecule has 0 aliphatic carbocycles. The summed E-state index contributed by atoms with van der Waals surface area (Å²) >= 11 is 0. The van der Waals surface area contributed by atoms with E-state index in [4.69, 9.17) is 14.2 Å². The van der Waals surface area contributed by atoms with Gasteiger partial charge in [-0.25, -0.2) is 0 Å². The van der Waals surface area contributed by atoms with E-state index < -0.39 is 0 Å². The highest BCUT2D eigenvalue weighted by molar-refractivity contribution is 5.79. The van der Waals surface area contributed by atoms with Gasteiger partial charge < -0.3 is 19.1 Å². The number of carbonyl (C=O) groups excluding carboxylic acids is 1. The summed E-state index contributed by atoms with van der Waals surface area (Å²) in [4.78, 5) is 17.2. The van der Waals surface area contributed by atoms with Crippen LogP contribution in [-0.4, -0.2) is 68.3 Å². The normalized spacial score (nSPS) is 26.8. The molecule has 0 unspecified atom stereocenters. The van der Waals surface area contributed by atoms with E-state index in [2.05, 4.69) is 18.7 Å². The Labute approximate surface area is 156 Å². The van der Waals surface area contributed by atoms with E-state index in [1.165, 1.54) is 0 Å². The highest BCUT2D eigenvalue weighted by atomic mass is 16.5. The van der Waals surface area contributed by atoms with Crippen LogP contribution in [0.4, 0.5) is 0 Å². The standard InChI is InChI=1S/C20H30N2O4/c1-14-11-21(12-15(2)26-14)13-20(23)22-9-5-6-18(22)17-10-16(24-3)7-8-19(17)25-4/h7-8,10,14-15,18H,5-6,9,11-13H2,1-4H3/t14-,15-,18+/m1/s1. The Morgan fingerprint density at radius 2 is 1.92 bits per heavy atom. The molecule has 6 heteroatoms. The lowest BCUT2D eigenvalue weighted by Crippen LogP contribution is -2.49. The SMILES string of the molecule is COc1ccc(OC)c([C@@H]2CCCN2C(=O)CN2C[C@@H](C)O[C@H](C)C2)c1. The van der Waals surface area contributed by atoms with Gasteiger partial charge >= 0.3 is 0 Å². The molecule has 1 amide bonds. The van der Waals surface area contributed by atoms with Crippen LogP contribution in [0.15, 0.2) is 18.2 Å². The molecule has 3 rings (SSSR count). The number of nitrogens with zero attached hydrogens (tertiary/aromatic N) is 2. The minimum absolute atomic E-state index is 0.0448. The third kappa shape index (κ3) is 4.13. The summed E-state index contributed by atoms with van der Waals surface area (Å²) in [6, 6.07) is 5.84. The second-order valence-electron chi connectivity index (χ2n) is 7.30. The van der Waals surface area contributed by atoms with Crippen molar-refractivity contribution in [2.24, 2.45) is 0 Å². The maximum Gasteiger partial charge on any atom is 0.237 e. The second-order valence-corrected chi connectivity index (χ2v) is 7.30. The summed E-state index contributed by atoms with van der Waals surface area (Å²) in [5.74, 6) is 1.78. The van der Waals surface area contributed by atoms with Crippen LogP contribution in [0.25, 0.3) is 0 Å². The van der Waals surface area contributed by atoms with E-state index in [1.54, 1.807) is 14.2 Å². The van der Waals surface area contributed by atoms with Gasteiger partial charge in [-0.05, 0) is 44.9 Å². The number of benzene rings is 1. The van der Waals surface area contributed by atoms with Crippen LogP contribution in [0.2, 0.25) is 0 Å². The molecule has 1 aromatic rings. The second kappa shape index (κ2) is 8.27. The molecule has 2 aliphatic rings. The average molecular weight is 362 g/mol. The van der Waals surface area contributed by atoms with Crippen LogP contribution in [-0.2, 0) is 9.53 Å². The molecule has 26 heavy (non-hydrogen) atoms. The average Bonchev–Trinajstić information content (AvgIpc) is 3.10. The van der Waals surface area contributed by atoms with Gasteiger partial charge in [-0.1, -0.05) is 0 Å². The van der Waals surface area contributed by atoms with Crippen LogP contribution in [0, 0.1) is 0 Å². The number of methoxy groups -OCH3 is 2. The molecule has 0 spiro atoms. The molecule has 0 bridgehead atoms. The van der Waals surface area contributed by atoms with E-state index >= 15 is 0 Å².